The predicted octanol–water partition coefficient (Wildman–Crippen LogP) is 1.32. The van der Waals surface area contributed by atoms with Gasteiger partial charge in [-0.15, -0.1) is 11.3 Å². The van der Waals surface area contributed by atoms with Crippen molar-refractivity contribution in [3.63, 3.8) is 0 Å². The number of ether oxygens (including phenoxy) is 1. The van der Waals surface area contributed by atoms with Gasteiger partial charge in [-0.1, -0.05) is 0 Å². The van der Waals surface area contributed by atoms with E-state index in [1.807, 2.05) is 6.92 Å². The van der Waals surface area contributed by atoms with E-state index >= 15 is 0 Å². The van der Waals surface area contributed by atoms with Gasteiger partial charge in [0.05, 0.1) is 6.54 Å². The Hall–Kier alpha value is -1.12. The number of cyclic esters (lactones) is 1. The monoisotopic (exact) mass is 316 g/mol. The summed E-state index contributed by atoms with van der Waals surface area (Å²) in [6.45, 7) is 2.44. The van der Waals surface area contributed by atoms with E-state index in [2.05, 4.69) is 4.72 Å². The van der Waals surface area contributed by atoms with Crippen molar-refractivity contribution in [1.29, 1.82) is 0 Å². The zero-order valence-corrected chi connectivity index (χ0v) is 12.7. The Kier molecular flexibility index (Phi) is 3.47. The predicted molar refractivity (Wildman–Crippen MR) is 74.2 cm³/mol. The number of carbonyl (C=O) groups is 1. The third-order valence-corrected chi connectivity index (χ3v) is 6.29. The maximum atomic E-state index is 12.1. The Morgan fingerprint density at radius 2 is 2.20 bits per heavy atom. The summed E-state index contributed by atoms with van der Waals surface area (Å²) in [5.74, 6) is 0. The number of sulfonamides is 1. The summed E-state index contributed by atoms with van der Waals surface area (Å²) < 4.78 is 32.1. The van der Waals surface area contributed by atoms with E-state index < -0.39 is 16.1 Å². The minimum Gasteiger partial charge on any atom is -0.443 e. The lowest BCUT2D eigenvalue weighted by molar-refractivity contribution is 0.133. The van der Waals surface area contributed by atoms with Crippen molar-refractivity contribution in [2.75, 3.05) is 13.1 Å². The van der Waals surface area contributed by atoms with Gasteiger partial charge in [-0.05, 0) is 31.9 Å². The van der Waals surface area contributed by atoms with E-state index in [1.165, 1.54) is 11.3 Å². The van der Waals surface area contributed by atoms with Gasteiger partial charge < -0.3 is 9.64 Å². The lowest BCUT2D eigenvalue weighted by atomic mass is 10.3. The quantitative estimate of drug-likeness (QED) is 0.889. The van der Waals surface area contributed by atoms with Crippen LogP contribution in [0.15, 0.2) is 16.3 Å². The molecule has 2 aliphatic rings. The lowest BCUT2D eigenvalue weighted by Crippen LogP contribution is -2.34. The van der Waals surface area contributed by atoms with Gasteiger partial charge in [-0.3, -0.25) is 0 Å². The Morgan fingerprint density at radius 3 is 2.80 bits per heavy atom. The van der Waals surface area contributed by atoms with Crippen molar-refractivity contribution in [3.8, 4) is 0 Å². The fourth-order valence-electron chi connectivity index (χ4n) is 2.16. The van der Waals surface area contributed by atoms with E-state index in [0.29, 0.717) is 16.8 Å². The number of nitrogens with zero attached hydrogens (tertiary/aromatic N) is 1. The molecule has 1 unspecified atom stereocenters. The van der Waals surface area contributed by atoms with Crippen molar-refractivity contribution >= 4 is 27.5 Å². The van der Waals surface area contributed by atoms with Crippen LogP contribution in [0.4, 0.5) is 4.79 Å². The molecule has 0 bridgehead atoms. The molecule has 20 heavy (non-hydrogen) atoms. The second kappa shape index (κ2) is 5.01. The fourth-order valence-corrected chi connectivity index (χ4v) is 4.56. The highest BCUT2D eigenvalue weighted by Crippen LogP contribution is 2.30. The smallest absolute Gasteiger partial charge is 0.410 e. The van der Waals surface area contributed by atoms with Gasteiger partial charge >= 0.3 is 6.09 Å². The zero-order valence-electron chi connectivity index (χ0n) is 11.0. The molecular formula is C12H16N2O4S2. The first-order chi connectivity index (χ1) is 9.45. The van der Waals surface area contributed by atoms with E-state index in [-0.39, 0.29) is 12.6 Å². The summed E-state index contributed by atoms with van der Waals surface area (Å²) in [4.78, 5) is 14.2. The topological polar surface area (TPSA) is 75.7 Å². The van der Waals surface area contributed by atoms with Crippen LogP contribution in [0.3, 0.4) is 0 Å². The minimum absolute atomic E-state index is 0.119. The van der Waals surface area contributed by atoms with Crippen molar-refractivity contribution in [3.05, 3.63) is 17.0 Å². The molecule has 1 saturated heterocycles. The lowest BCUT2D eigenvalue weighted by Gasteiger charge is -2.11. The summed E-state index contributed by atoms with van der Waals surface area (Å²) in [5, 5.41) is 0. The highest BCUT2D eigenvalue weighted by atomic mass is 32.2. The van der Waals surface area contributed by atoms with Gasteiger partial charge in [0.25, 0.3) is 0 Å². The highest BCUT2D eigenvalue weighted by molar-refractivity contribution is 7.91. The third-order valence-electron chi connectivity index (χ3n) is 3.37. The molecular weight excluding hydrogens is 300 g/mol. The number of hydrogen-bond donors (Lipinski definition) is 1. The second-order valence-electron chi connectivity index (χ2n) is 5.11. The Bertz CT molecular complexity index is 621. The van der Waals surface area contributed by atoms with Crippen LogP contribution in [0.25, 0.3) is 0 Å². The average Bonchev–Trinajstić information content (AvgIpc) is 3.02. The van der Waals surface area contributed by atoms with Crippen LogP contribution in [0.5, 0.6) is 0 Å². The zero-order chi connectivity index (χ0) is 14.3. The summed E-state index contributed by atoms with van der Waals surface area (Å²) in [7, 11) is -3.51. The van der Waals surface area contributed by atoms with Gasteiger partial charge in [-0.25, -0.2) is 17.9 Å². The number of nitrogens with one attached hydrogen (secondary N) is 1. The van der Waals surface area contributed by atoms with Gasteiger partial charge in [0.2, 0.25) is 10.0 Å². The van der Waals surface area contributed by atoms with Crippen LogP contribution in [0.1, 0.15) is 17.7 Å². The molecule has 1 aromatic rings. The number of amides is 1. The molecule has 1 amide bonds. The average molecular weight is 316 g/mol. The van der Waals surface area contributed by atoms with E-state index in [0.717, 1.165) is 17.7 Å². The Morgan fingerprint density at radius 1 is 1.45 bits per heavy atom. The highest BCUT2D eigenvalue weighted by Gasteiger charge is 2.41. The first kappa shape index (κ1) is 13.8. The molecule has 0 spiro atoms. The molecule has 1 N–H and O–H groups in total. The molecule has 3 rings (SSSR count). The number of thiophene rings is 1. The SMILES string of the molecule is Cc1ccc(S(=O)(=O)NCC2CN(C3CC3)C(=O)O2)s1. The molecule has 1 atom stereocenters. The van der Waals surface area contributed by atoms with Crippen molar-refractivity contribution < 1.29 is 17.9 Å². The molecule has 2 fully saturated rings. The van der Waals surface area contributed by atoms with Gasteiger partial charge in [0.1, 0.15) is 10.3 Å². The molecule has 2 heterocycles. The molecule has 6 nitrogen and oxygen atoms in total. The van der Waals surface area contributed by atoms with Gasteiger partial charge in [-0.2, -0.15) is 0 Å². The number of rotatable bonds is 5. The first-order valence-corrected chi connectivity index (χ1v) is 8.79. The Balaban J connectivity index is 1.58. The molecule has 0 radical (unpaired) electrons. The van der Waals surface area contributed by atoms with Crippen LogP contribution in [-0.2, 0) is 14.8 Å². The summed E-state index contributed by atoms with van der Waals surface area (Å²) in [5.41, 5.74) is 0. The second-order valence-corrected chi connectivity index (χ2v) is 8.39. The normalized spacial score (nSPS) is 23.1. The summed E-state index contributed by atoms with van der Waals surface area (Å²) >= 11 is 1.22. The molecule has 1 aliphatic carbocycles. The van der Waals surface area contributed by atoms with E-state index in [9.17, 15) is 13.2 Å². The Labute approximate surface area is 121 Å². The fraction of sp³-hybridized carbons (Fsp3) is 0.583. The van der Waals surface area contributed by atoms with Crippen LogP contribution in [0.2, 0.25) is 0 Å². The molecule has 1 saturated carbocycles. The van der Waals surface area contributed by atoms with Gasteiger partial charge in [0.15, 0.2) is 0 Å². The largest absolute Gasteiger partial charge is 0.443 e. The van der Waals surface area contributed by atoms with Crippen molar-refractivity contribution in [2.24, 2.45) is 0 Å². The van der Waals surface area contributed by atoms with Crippen LogP contribution >= 0.6 is 11.3 Å². The van der Waals surface area contributed by atoms with Crippen LogP contribution in [0, 0.1) is 6.92 Å². The molecule has 0 aromatic carbocycles. The van der Waals surface area contributed by atoms with Gasteiger partial charge in [0, 0.05) is 17.5 Å². The van der Waals surface area contributed by atoms with Crippen LogP contribution in [-0.4, -0.2) is 44.6 Å². The first-order valence-electron chi connectivity index (χ1n) is 6.49. The number of hydrogen-bond acceptors (Lipinski definition) is 5. The summed E-state index contributed by atoms with van der Waals surface area (Å²) in [6, 6.07) is 3.65. The minimum atomic E-state index is -3.51. The molecule has 1 aromatic heterocycles. The molecule has 1 aliphatic heterocycles. The van der Waals surface area contributed by atoms with E-state index in [1.54, 1.807) is 17.0 Å². The standard InChI is InChI=1S/C12H16N2O4S2/c1-8-2-5-11(19-8)20(16,17)13-6-10-7-14(9-3-4-9)12(15)18-10/h2,5,9-10,13H,3-4,6-7H2,1H3. The third kappa shape index (κ3) is 2.82. The maximum Gasteiger partial charge on any atom is 0.410 e. The molecule has 110 valence electrons. The molecule has 8 heteroatoms. The van der Waals surface area contributed by atoms with E-state index in [4.69, 9.17) is 4.74 Å². The summed E-state index contributed by atoms with van der Waals surface area (Å²) in [6.07, 6.45) is 1.30. The number of carbonyl (C=O) groups excluding carboxylic acids is 1. The van der Waals surface area contributed by atoms with Crippen molar-refractivity contribution in [2.45, 2.75) is 36.1 Å². The van der Waals surface area contributed by atoms with Crippen LogP contribution < -0.4 is 4.72 Å². The number of aryl methyl sites for hydroxylation is 1. The maximum absolute atomic E-state index is 12.1. The van der Waals surface area contributed by atoms with Crippen molar-refractivity contribution in [1.82, 2.24) is 9.62 Å².